The van der Waals surface area contributed by atoms with Crippen molar-refractivity contribution in [2.45, 2.75) is 0 Å². The van der Waals surface area contributed by atoms with Crippen LogP contribution in [0.3, 0.4) is 0 Å². The third kappa shape index (κ3) is 1.21. The Hall–Kier alpha value is -1.47. The molecule has 3 heteroatoms. The lowest BCUT2D eigenvalue weighted by atomic mass is 10.2. The highest BCUT2D eigenvalue weighted by atomic mass is 16.1. The van der Waals surface area contributed by atoms with Gasteiger partial charge in [-0.3, -0.25) is 4.79 Å². The molecule has 0 aromatic rings. The lowest BCUT2D eigenvalue weighted by molar-refractivity contribution is -0.113. The van der Waals surface area contributed by atoms with Gasteiger partial charge >= 0.3 is 0 Å². The van der Waals surface area contributed by atoms with E-state index in [-0.39, 0.29) is 5.91 Å². The van der Waals surface area contributed by atoms with Gasteiger partial charge in [-0.05, 0) is 6.08 Å². The molecule has 0 aliphatic carbocycles. The topological polar surface area (TPSA) is 46.5 Å². The molecule has 0 aromatic heterocycles. The van der Waals surface area contributed by atoms with E-state index in [0.29, 0.717) is 5.57 Å². The zero-order chi connectivity index (χ0) is 6.69. The Kier molecular flexibility index (Phi) is 1.38. The highest BCUT2D eigenvalue weighted by molar-refractivity contribution is 6.06. The molecule has 1 aliphatic rings. The van der Waals surface area contributed by atoms with E-state index in [1.807, 2.05) is 0 Å². The van der Waals surface area contributed by atoms with Crippen molar-refractivity contribution < 1.29 is 9.59 Å². The third-order valence-electron chi connectivity index (χ3n) is 0.854. The van der Waals surface area contributed by atoms with Gasteiger partial charge < -0.3 is 0 Å². The van der Waals surface area contributed by atoms with E-state index in [9.17, 15) is 9.59 Å². The summed E-state index contributed by atoms with van der Waals surface area (Å²) in [7, 11) is 0. The van der Waals surface area contributed by atoms with Gasteiger partial charge in [0, 0.05) is 12.3 Å². The third-order valence-corrected chi connectivity index (χ3v) is 0.854. The quantitative estimate of drug-likeness (QED) is 0.420. The summed E-state index contributed by atoms with van der Waals surface area (Å²) in [6.45, 7) is 0. The van der Waals surface area contributed by atoms with Crippen LogP contribution in [0.1, 0.15) is 0 Å². The number of aliphatic imine (C=N–C) groups is 1. The van der Waals surface area contributed by atoms with Gasteiger partial charge in [0.25, 0.3) is 5.91 Å². The molecule has 0 atom stereocenters. The van der Waals surface area contributed by atoms with Crippen LogP contribution in [0.15, 0.2) is 22.7 Å². The summed E-state index contributed by atoms with van der Waals surface area (Å²) < 4.78 is 0. The van der Waals surface area contributed by atoms with Crippen LogP contribution in [-0.2, 0) is 9.59 Å². The lowest BCUT2D eigenvalue weighted by Crippen LogP contribution is -1.95. The van der Waals surface area contributed by atoms with Crippen molar-refractivity contribution in [2.75, 3.05) is 0 Å². The Bertz CT molecular complexity index is 226. The molecule has 0 saturated carbocycles. The molecule has 1 amide bonds. The van der Waals surface area contributed by atoms with Crippen LogP contribution in [0.2, 0.25) is 0 Å². The van der Waals surface area contributed by atoms with Crippen molar-refractivity contribution in [3.05, 3.63) is 17.7 Å². The summed E-state index contributed by atoms with van der Waals surface area (Å²) in [5.41, 5.74) is 0.301. The molecule has 0 radical (unpaired) electrons. The minimum atomic E-state index is -0.339. The molecule has 0 N–H and O–H groups in total. The predicted octanol–water partition coefficient (Wildman–Crippen LogP) is -0.0884. The number of carbonyl (C=O) groups is 1. The number of nitrogens with zero attached hydrogens (tertiary/aromatic N) is 1. The Morgan fingerprint density at radius 2 is 2.22 bits per heavy atom. The smallest absolute Gasteiger partial charge is 0.267 e. The Morgan fingerprint density at radius 3 is 2.67 bits per heavy atom. The van der Waals surface area contributed by atoms with E-state index in [1.54, 1.807) is 5.94 Å². The summed E-state index contributed by atoms with van der Waals surface area (Å²) in [6, 6.07) is 0. The largest absolute Gasteiger partial charge is 0.269 e. The molecule has 0 spiro atoms. The monoisotopic (exact) mass is 121 g/mol. The van der Waals surface area contributed by atoms with Crippen molar-refractivity contribution >= 4 is 18.1 Å². The van der Waals surface area contributed by atoms with Crippen LogP contribution in [0, 0.1) is 0 Å². The fourth-order valence-corrected chi connectivity index (χ4v) is 0.441. The molecular weight excluding hydrogens is 118 g/mol. The Balaban J connectivity index is 2.94. The van der Waals surface area contributed by atoms with Gasteiger partial charge in [0.2, 0.25) is 0 Å². The molecule has 1 rings (SSSR count). The summed E-state index contributed by atoms with van der Waals surface area (Å²) >= 11 is 0. The van der Waals surface area contributed by atoms with Crippen LogP contribution >= 0.6 is 0 Å². The first kappa shape index (κ1) is 5.66. The molecule has 0 bridgehead atoms. The first-order chi connectivity index (χ1) is 4.33. The summed E-state index contributed by atoms with van der Waals surface area (Å²) in [5, 5.41) is 0. The molecule has 0 saturated heterocycles. The van der Waals surface area contributed by atoms with E-state index in [2.05, 4.69) is 4.99 Å². The van der Waals surface area contributed by atoms with E-state index in [0.717, 1.165) is 0 Å². The second-order valence-corrected chi connectivity index (χ2v) is 1.49. The number of hydrogen-bond acceptors (Lipinski definition) is 2. The SMILES string of the molecule is O=C=C1C=CC(=O)N=C1. The van der Waals surface area contributed by atoms with Gasteiger partial charge in [-0.15, -0.1) is 0 Å². The molecule has 0 aromatic carbocycles. The van der Waals surface area contributed by atoms with Gasteiger partial charge in [-0.1, -0.05) is 0 Å². The average molecular weight is 121 g/mol. The van der Waals surface area contributed by atoms with Crippen molar-refractivity contribution in [3.8, 4) is 0 Å². The van der Waals surface area contributed by atoms with Crippen molar-refractivity contribution in [3.63, 3.8) is 0 Å². The highest BCUT2D eigenvalue weighted by Crippen LogP contribution is 1.94. The second kappa shape index (κ2) is 2.20. The predicted molar refractivity (Wildman–Crippen MR) is 31.8 cm³/mol. The van der Waals surface area contributed by atoms with Crippen LogP contribution in [-0.4, -0.2) is 18.1 Å². The Labute approximate surface area is 51.4 Å². The minimum Gasteiger partial charge on any atom is -0.267 e. The average Bonchev–Trinajstić information content (AvgIpc) is 1.90. The van der Waals surface area contributed by atoms with E-state index < -0.39 is 0 Å². The van der Waals surface area contributed by atoms with Crippen molar-refractivity contribution in [1.29, 1.82) is 0 Å². The van der Waals surface area contributed by atoms with Gasteiger partial charge in [-0.2, -0.15) is 0 Å². The van der Waals surface area contributed by atoms with E-state index in [1.165, 1.54) is 18.4 Å². The van der Waals surface area contributed by atoms with Crippen molar-refractivity contribution in [2.24, 2.45) is 4.99 Å². The molecule has 9 heavy (non-hydrogen) atoms. The minimum absolute atomic E-state index is 0.301. The second-order valence-electron chi connectivity index (χ2n) is 1.49. The van der Waals surface area contributed by atoms with Gasteiger partial charge in [-0.25, -0.2) is 9.79 Å². The number of allylic oxidation sites excluding steroid dienone is 2. The standard InChI is InChI=1S/C6H3NO2/c8-4-5-1-2-6(9)7-3-5/h1-3H. The fourth-order valence-electron chi connectivity index (χ4n) is 0.441. The number of hydrogen-bond donors (Lipinski definition) is 0. The summed E-state index contributed by atoms with van der Waals surface area (Å²) in [5.74, 6) is 1.26. The molecule has 0 unspecified atom stereocenters. The van der Waals surface area contributed by atoms with E-state index in [4.69, 9.17) is 0 Å². The lowest BCUT2D eigenvalue weighted by Gasteiger charge is -1.89. The number of amides is 1. The maximum Gasteiger partial charge on any atom is 0.269 e. The van der Waals surface area contributed by atoms with Gasteiger partial charge in [0.05, 0.1) is 5.57 Å². The summed E-state index contributed by atoms with van der Waals surface area (Å²) in [4.78, 5) is 23.5. The van der Waals surface area contributed by atoms with Crippen LogP contribution in [0.25, 0.3) is 0 Å². The van der Waals surface area contributed by atoms with Gasteiger partial charge in [0.15, 0.2) is 0 Å². The normalized spacial score (nSPS) is 16.0. The van der Waals surface area contributed by atoms with E-state index >= 15 is 0 Å². The van der Waals surface area contributed by atoms with Crippen LogP contribution in [0.4, 0.5) is 0 Å². The Morgan fingerprint density at radius 1 is 1.44 bits per heavy atom. The zero-order valence-electron chi connectivity index (χ0n) is 4.50. The maximum absolute atomic E-state index is 10.3. The molecule has 1 aliphatic heterocycles. The zero-order valence-corrected chi connectivity index (χ0v) is 4.50. The number of dihydropyridines is 1. The summed E-state index contributed by atoms with van der Waals surface area (Å²) in [6.07, 6.45) is 3.79. The maximum atomic E-state index is 10.3. The number of carbonyl (C=O) groups excluding carboxylic acids is 2. The fraction of sp³-hybridized carbons (Fsp3) is 0. The first-order valence-electron chi connectivity index (χ1n) is 2.34. The highest BCUT2D eigenvalue weighted by Gasteiger charge is 1.97. The molecule has 3 nitrogen and oxygen atoms in total. The van der Waals surface area contributed by atoms with Gasteiger partial charge in [0.1, 0.15) is 5.94 Å². The van der Waals surface area contributed by atoms with Crippen LogP contribution < -0.4 is 0 Å². The van der Waals surface area contributed by atoms with Crippen molar-refractivity contribution in [1.82, 2.24) is 0 Å². The first-order valence-corrected chi connectivity index (χ1v) is 2.34. The number of rotatable bonds is 0. The molecule has 0 fully saturated rings. The molecular formula is C6H3NO2. The molecule has 1 heterocycles. The molecule has 44 valence electrons. The van der Waals surface area contributed by atoms with Crippen LogP contribution in [0.5, 0.6) is 0 Å².